The van der Waals surface area contributed by atoms with Gasteiger partial charge in [-0.15, -0.1) is 11.3 Å². The maximum Gasteiger partial charge on any atom is 0.279 e. The van der Waals surface area contributed by atoms with Crippen molar-refractivity contribution in [2.24, 2.45) is 5.92 Å². The smallest absolute Gasteiger partial charge is 0.273 e. The molecule has 0 aliphatic heterocycles. The van der Waals surface area contributed by atoms with Gasteiger partial charge in [-0.2, -0.15) is 0 Å². The zero-order chi connectivity index (χ0) is 13.4. The van der Waals surface area contributed by atoms with E-state index in [1.54, 1.807) is 12.1 Å². The topological polar surface area (TPSA) is 58.2 Å². The van der Waals surface area contributed by atoms with Crippen molar-refractivity contribution in [1.29, 1.82) is 0 Å². The third kappa shape index (κ3) is 2.44. The number of hydrogen-bond acceptors (Lipinski definition) is 3. The molecule has 0 unspecified atom stereocenters. The van der Waals surface area contributed by atoms with Gasteiger partial charge in [-0.1, -0.05) is 6.07 Å². The van der Waals surface area contributed by atoms with Gasteiger partial charge in [0.1, 0.15) is 5.82 Å². The van der Waals surface area contributed by atoms with E-state index in [4.69, 9.17) is 0 Å². The van der Waals surface area contributed by atoms with E-state index in [1.807, 2.05) is 0 Å². The van der Waals surface area contributed by atoms with Crippen LogP contribution in [0.5, 0.6) is 0 Å². The number of fused-ring (bicyclic) bond motifs is 1. The highest BCUT2D eigenvalue weighted by atomic mass is 32.1. The van der Waals surface area contributed by atoms with Gasteiger partial charge in [0, 0.05) is 16.0 Å². The first-order valence-electron chi connectivity index (χ1n) is 5.93. The maximum absolute atomic E-state index is 13.5. The molecule has 2 aromatic rings. The van der Waals surface area contributed by atoms with Gasteiger partial charge in [0.05, 0.1) is 4.88 Å². The molecule has 1 aromatic heterocycles. The standard InChI is InChI=1S/C13H11FN2O2S/c14-9-2-1-3-10-8(9)6-11(19-10)13(18)16-15-12(17)7-4-5-7/h1-3,6-7H,4-5H2,(H,15,17)(H,16,18). The summed E-state index contributed by atoms with van der Waals surface area (Å²) in [6.07, 6.45) is 1.74. The molecule has 1 aliphatic rings. The lowest BCUT2D eigenvalue weighted by Gasteiger charge is -2.04. The van der Waals surface area contributed by atoms with Crippen molar-refractivity contribution in [1.82, 2.24) is 10.9 Å². The molecule has 98 valence electrons. The second kappa shape index (κ2) is 4.62. The molecule has 0 spiro atoms. The summed E-state index contributed by atoms with van der Waals surface area (Å²) in [7, 11) is 0. The normalized spacial score (nSPS) is 14.4. The van der Waals surface area contributed by atoms with Gasteiger partial charge in [-0.3, -0.25) is 20.4 Å². The number of nitrogens with one attached hydrogen (secondary N) is 2. The summed E-state index contributed by atoms with van der Waals surface area (Å²) in [6.45, 7) is 0. The van der Waals surface area contributed by atoms with Crippen LogP contribution in [0.3, 0.4) is 0 Å². The molecule has 1 aliphatic carbocycles. The van der Waals surface area contributed by atoms with Crippen molar-refractivity contribution < 1.29 is 14.0 Å². The first kappa shape index (κ1) is 12.1. The Bertz CT molecular complexity index is 664. The number of halogens is 1. The molecule has 0 saturated heterocycles. The molecule has 6 heteroatoms. The summed E-state index contributed by atoms with van der Waals surface area (Å²) < 4.78 is 14.2. The highest BCUT2D eigenvalue weighted by Gasteiger charge is 2.29. The van der Waals surface area contributed by atoms with Crippen LogP contribution in [0.4, 0.5) is 4.39 Å². The Morgan fingerprint density at radius 3 is 2.74 bits per heavy atom. The molecule has 3 rings (SSSR count). The lowest BCUT2D eigenvalue weighted by Crippen LogP contribution is -2.42. The Morgan fingerprint density at radius 1 is 1.26 bits per heavy atom. The van der Waals surface area contributed by atoms with Crippen molar-refractivity contribution in [3.05, 3.63) is 35.0 Å². The lowest BCUT2D eigenvalue weighted by atomic mass is 10.2. The molecule has 0 radical (unpaired) electrons. The van der Waals surface area contributed by atoms with Gasteiger partial charge < -0.3 is 0 Å². The largest absolute Gasteiger partial charge is 0.279 e. The fourth-order valence-corrected chi connectivity index (χ4v) is 2.74. The molecule has 1 saturated carbocycles. The van der Waals surface area contributed by atoms with Gasteiger partial charge in [-0.05, 0) is 31.0 Å². The van der Waals surface area contributed by atoms with E-state index in [2.05, 4.69) is 10.9 Å². The van der Waals surface area contributed by atoms with Crippen LogP contribution in [-0.4, -0.2) is 11.8 Å². The maximum atomic E-state index is 13.5. The number of hydrogen-bond donors (Lipinski definition) is 2. The lowest BCUT2D eigenvalue weighted by molar-refractivity contribution is -0.123. The van der Waals surface area contributed by atoms with Crippen LogP contribution in [0.25, 0.3) is 10.1 Å². The van der Waals surface area contributed by atoms with E-state index in [-0.39, 0.29) is 17.6 Å². The zero-order valence-electron chi connectivity index (χ0n) is 9.90. The third-order valence-electron chi connectivity index (χ3n) is 2.98. The van der Waals surface area contributed by atoms with Crippen LogP contribution in [-0.2, 0) is 4.79 Å². The highest BCUT2D eigenvalue weighted by molar-refractivity contribution is 7.20. The minimum atomic E-state index is -0.422. The number of rotatable bonds is 2. The quantitative estimate of drug-likeness (QED) is 0.827. The van der Waals surface area contributed by atoms with E-state index in [0.29, 0.717) is 15.0 Å². The molecule has 1 heterocycles. The van der Waals surface area contributed by atoms with Crippen molar-refractivity contribution in [2.45, 2.75) is 12.8 Å². The third-order valence-corrected chi connectivity index (χ3v) is 4.08. The Balaban J connectivity index is 1.74. The number of benzene rings is 1. The molecule has 19 heavy (non-hydrogen) atoms. The number of carbonyl (C=O) groups excluding carboxylic acids is 2. The zero-order valence-corrected chi connectivity index (χ0v) is 10.7. The predicted octanol–water partition coefficient (Wildman–Crippen LogP) is 2.21. The average molecular weight is 278 g/mol. The van der Waals surface area contributed by atoms with Crippen LogP contribution in [0.1, 0.15) is 22.5 Å². The molecule has 1 aromatic carbocycles. The molecule has 2 N–H and O–H groups in total. The number of carbonyl (C=O) groups is 2. The Kier molecular flexibility index (Phi) is 2.94. The summed E-state index contributed by atoms with van der Waals surface area (Å²) in [4.78, 5) is 23.6. The van der Waals surface area contributed by atoms with Crippen LogP contribution in [0.2, 0.25) is 0 Å². The molecule has 0 atom stereocenters. The molecule has 0 bridgehead atoms. The molecular weight excluding hydrogens is 267 g/mol. The second-order valence-electron chi connectivity index (χ2n) is 4.48. The fraction of sp³-hybridized carbons (Fsp3) is 0.231. The van der Waals surface area contributed by atoms with E-state index in [1.165, 1.54) is 23.5 Å². The Morgan fingerprint density at radius 2 is 2.05 bits per heavy atom. The van der Waals surface area contributed by atoms with Gasteiger partial charge in [0.25, 0.3) is 5.91 Å². The van der Waals surface area contributed by atoms with Crippen LogP contribution < -0.4 is 10.9 Å². The summed E-state index contributed by atoms with van der Waals surface area (Å²) in [6, 6.07) is 6.20. The monoisotopic (exact) mass is 278 g/mol. The van der Waals surface area contributed by atoms with Gasteiger partial charge in [-0.25, -0.2) is 4.39 Å². The molecule has 1 fully saturated rings. The highest BCUT2D eigenvalue weighted by Crippen LogP contribution is 2.29. The Hall–Kier alpha value is -1.95. The van der Waals surface area contributed by atoms with E-state index in [0.717, 1.165) is 12.8 Å². The van der Waals surface area contributed by atoms with E-state index in [9.17, 15) is 14.0 Å². The predicted molar refractivity (Wildman–Crippen MR) is 70.1 cm³/mol. The van der Waals surface area contributed by atoms with Gasteiger partial charge in [0.2, 0.25) is 5.91 Å². The Labute approximate surface area is 112 Å². The summed E-state index contributed by atoms with van der Waals surface area (Å²) in [5.74, 6) is -0.912. The SMILES string of the molecule is O=C(NNC(=O)C1CC1)c1cc2c(F)cccc2s1. The summed E-state index contributed by atoms with van der Waals surface area (Å²) >= 11 is 1.19. The first-order valence-corrected chi connectivity index (χ1v) is 6.75. The van der Waals surface area contributed by atoms with Crippen LogP contribution in [0, 0.1) is 11.7 Å². The first-order chi connectivity index (χ1) is 9.15. The average Bonchev–Trinajstić information content (AvgIpc) is 3.15. The van der Waals surface area contributed by atoms with Crippen molar-refractivity contribution in [2.75, 3.05) is 0 Å². The van der Waals surface area contributed by atoms with Gasteiger partial charge >= 0.3 is 0 Å². The van der Waals surface area contributed by atoms with Gasteiger partial charge in [0.15, 0.2) is 0 Å². The summed E-state index contributed by atoms with van der Waals surface area (Å²) in [5.41, 5.74) is 4.73. The molecule has 4 nitrogen and oxygen atoms in total. The number of hydrazine groups is 1. The van der Waals surface area contributed by atoms with Crippen molar-refractivity contribution in [3.8, 4) is 0 Å². The minimum absolute atomic E-state index is 0.0279. The second-order valence-corrected chi connectivity index (χ2v) is 5.56. The molecular formula is C13H11FN2O2S. The summed E-state index contributed by atoms with van der Waals surface area (Å²) in [5, 5.41) is 0.422. The number of amides is 2. The van der Waals surface area contributed by atoms with Crippen LogP contribution in [0.15, 0.2) is 24.3 Å². The van der Waals surface area contributed by atoms with Crippen molar-refractivity contribution in [3.63, 3.8) is 0 Å². The molecule has 2 amide bonds. The minimum Gasteiger partial charge on any atom is -0.273 e. The van der Waals surface area contributed by atoms with Crippen molar-refractivity contribution >= 4 is 33.2 Å². The van der Waals surface area contributed by atoms with E-state index >= 15 is 0 Å². The van der Waals surface area contributed by atoms with Crippen LogP contribution >= 0.6 is 11.3 Å². The number of thiophene rings is 1. The fourth-order valence-electron chi connectivity index (χ4n) is 1.76. The van der Waals surface area contributed by atoms with E-state index < -0.39 is 5.91 Å².